The molecule has 20 heavy (non-hydrogen) atoms. The molecule has 0 heterocycles. The fourth-order valence-electron chi connectivity index (χ4n) is 1.48. The minimum atomic E-state index is -0.873. The Bertz CT molecular complexity index is 478. The molecule has 1 amide bonds. The molecule has 0 aromatic heterocycles. The molecule has 6 heteroatoms. The van der Waals surface area contributed by atoms with Gasteiger partial charge in [0.05, 0.1) is 5.92 Å². The molecule has 2 N–H and O–H groups in total. The van der Waals surface area contributed by atoms with Crippen molar-refractivity contribution in [3.05, 3.63) is 29.3 Å². The summed E-state index contributed by atoms with van der Waals surface area (Å²) >= 11 is 5.82. The average Bonchev–Trinajstić information content (AvgIpc) is 2.38. The minimum Gasteiger partial charge on any atom is -0.481 e. The topological polar surface area (TPSA) is 75.6 Å². The molecule has 1 aromatic carbocycles. The number of carbonyl (C=O) groups is 2. The molecule has 0 bridgehead atoms. The lowest BCUT2D eigenvalue weighted by atomic mass is 10.1. The van der Waals surface area contributed by atoms with E-state index in [2.05, 4.69) is 5.32 Å². The van der Waals surface area contributed by atoms with Gasteiger partial charge < -0.3 is 15.2 Å². The van der Waals surface area contributed by atoms with Crippen LogP contribution in [0.3, 0.4) is 0 Å². The van der Waals surface area contributed by atoms with Crippen molar-refractivity contribution in [1.29, 1.82) is 0 Å². The molecule has 0 aliphatic carbocycles. The van der Waals surface area contributed by atoms with E-state index in [1.165, 1.54) is 0 Å². The molecule has 1 rings (SSSR count). The molecular weight excluding hydrogens is 282 g/mol. The van der Waals surface area contributed by atoms with Crippen LogP contribution in [0.1, 0.15) is 20.3 Å². The van der Waals surface area contributed by atoms with Crippen LogP contribution >= 0.6 is 11.6 Å². The first kappa shape index (κ1) is 16.3. The van der Waals surface area contributed by atoms with Crippen LogP contribution in [-0.2, 0) is 9.59 Å². The Kier molecular flexibility index (Phi) is 6.31. The van der Waals surface area contributed by atoms with Crippen molar-refractivity contribution in [2.45, 2.75) is 26.4 Å². The maximum absolute atomic E-state index is 11.8. The van der Waals surface area contributed by atoms with Gasteiger partial charge in [0, 0.05) is 11.6 Å². The summed E-state index contributed by atoms with van der Waals surface area (Å²) in [6.07, 6.45) is -0.293. The van der Waals surface area contributed by atoms with Crippen LogP contribution < -0.4 is 10.1 Å². The third-order valence-corrected chi connectivity index (χ3v) is 3.01. The van der Waals surface area contributed by atoms with E-state index in [4.69, 9.17) is 21.4 Å². The van der Waals surface area contributed by atoms with Crippen LogP contribution in [0.5, 0.6) is 5.75 Å². The van der Waals surface area contributed by atoms with E-state index in [0.717, 1.165) is 0 Å². The fraction of sp³-hybridized carbons (Fsp3) is 0.429. The highest BCUT2D eigenvalue weighted by molar-refractivity contribution is 6.30. The Labute approximate surface area is 122 Å². The van der Waals surface area contributed by atoms with Gasteiger partial charge in [-0.3, -0.25) is 9.59 Å². The number of ether oxygens (including phenoxy) is 1. The fourth-order valence-corrected chi connectivity index (χ4v) is 1.66. The predicted octanol–water partition coefficient (Wildman–Crippen LogP) is 2.33. The first-order valence-electron chi connectivity index (χ1n) is 6.33. The molecular formula is C14H18ClNO4. The van der Waals surface area contributed by atoms with Crippen molar-refractivity contribution in [2.24, 2.45) is 5.92 Å². The van der Waals surface area contributed by atoms with Gasteiger partial charge in [-0.05, 0) is 31.5 Å². The number of carbonyl (C=O) groups excluding carboxylic acids is 1. The summed E-state index contributed by atoms with van der Waals surface area (Å²) in [6, 6.07) is 6.78. The summed E-state index contributed by atoms with van der Waals surface area (Å²) in [4.78, 5) is 22.4. The number of carboxylic acids is 1. The molecule has 0 aliphatic heterocycles. The number of hydrogen-bond donors (Lipinski definition) is 2. The summed E-state index contributed by atoms with van der Waals surface area (Å²) in [6.45, 7) is 3.52. The number of hydrogen-bond acceptors (Lipinski definition) is 3. The van der Waals surface area contributed by atoms with Crippen molar-refractivity contribution in [1.82, 2.24) is 5.32 Å². The first-order chi connectivity index (χ1) is 9.40. The Balaban J connectivity index is 2.38. The van der Waals surface area contributed by atoms with Gasteiger partial charge in [-0.15, -0.1) is 0 Å². The number of aliphatic carboxylic acids is 1. The van der Waals surface area contributed by atoms with Gasteiger partial charge in [0.15, 0.2) is 6.10 Å². The van der Waals surface area contributed by atoms with Gasteiger partial charge >= 0.3 is 5.97 Å². The number of benzene rings is 1. The van der Waals surface area contributed by atoms with Crippen molar-refractivity contribution >= 4 is 23.5 Å². The normalized spacial score (nSPS) is 13.3. The zero-order chi connectivity index (χ0) is 15.1. The molecule has 0 saturated heterocycles. The third-order valence-electron chi connectivity index (χ3n) is 2.78. The molecule has 0 fully saturated rings. The molecule has 5 nitrogen and oxygen atoms in total. The monoisotopic (exact) mass is 299 g/mol. The standard InChI is InChI=1S/C14H18ClNO4/c1-9(14(18)19)6-7-16-13(17)10(2)20-12-5-3-4-11(15)8-12/h3-5,8-10H,6-7H2,1-2H3,(H,16,17)(H,18,19). The van der Waals surface area contributed by atoms with E-state index in [1.807, 2.05) is 0 Å². The lowest BCUT2D eigenvalue weighted by molar-refractivity contribution is -0.141. The van der Waals surface area contributed by atoms with Gasteiger partial charge in [0.25, 0.3) is 5.91 Å². The summed E-state index contributed by atoms with van der Waals surface area (Å²) in [5.41, 5.74) is 0. The predicted molar refractivity (Wildman–Crippen MR) is 76.0 cm³/mol. The lowest BCUT2D eigenvalue weighted by Crippen LogP contribution is -2.37. The maximum atomic E-state index is 11.8. The zero-order valence-electron chi connectivity index (χ0n) is 11.4. The Morgan fingerprint density at radius 2 is 2.10 bits per heavy atom. The highest BCUT2D eigenvalue weighted by atomic mass is 35.5. The van der Waals surface area contributed by atoms with Gasteiger partial charge in [0.2, 0.25) is 0 Å². The molecule has 2 unspecified atom stereocenters. The highest BCUT2D eigenvalue weighted by Crippen LogP contribution is 2.18. The zero-order valence-corrected chi connectivity index (χ0v) is 12.2. The van der Waals surface area contributed by atoms with Crippen LogP contribution in [0.4, 0.5) is 0 Å². The highest BCUT2D eigenvalue weighted by Gasteiger charge is 2.16. The Morgan fingerprint density at radius 1 is 1.40 bits per heavy atom. The maximum Gasteiger partial charge on any atom is 0.306 e. The van der Waals surface area contributed by atoms with Gasteiger partial charge in [-0.2, -0.15) is 0 Å². The molecule has 0 spiro atoms. The number of amides is 1. The molecule has 110 valence electrons. The summed E-state index contributed by atoms with van der Waals surface area (Å²) in [5, 5.41) is 11.9. The van der Waals surface area contributed by atoms with Crippen molar-refractivity contribution < 1.29 is 19.4 Å². The van der Waals surface area contributed by atoms with Crippen molar-refractivity contribution in [3.63, 3.8) is 0 Å². The average molecular weight is 300 g/mol. The number of nitrogens with one attached hydrogen (secondary N) is 1. The quantitative estimate of drug-likeness (QED) is 0.810. The van der Waals surface area contributed by atoms with Crippen LogP contribution in [0.15, 0.2) is 24.3 Å². The van der Waals surface area contributed by atoms with E-state index < -0.39 is 18.0 Å². The second-order valence-corrected chi connectivity index (χ2v) is 4.97. The third kappa shape index (κ3) is 5.48. The van der Waals surface area contributed by atoms with E-state index in [1.54, 1.807) is 38.1 Å². The summed E-state index contributed by atoms with van der Waals surface area (Å²) < 4.78 is 5.45. The molecule has 0 saturated carbocycles. The number of rotatable bonds is 7. The van der Waals surface area contributed by atoms with Crippen LogP contribution in [0.25, 0.3) is 0 Å². The number of carboxylic acid groups (broad SMARTS) is 1. The van der Waals surface area contributed by atoms with E-state index in [0.29, 0.717) is 23.7 Å². The smallest absolute Gasteiger partial charge is 0.306 e. The summed E-state index contributed by atoms with van der Waals surface area (Å²) in [7, 11) is 0. The first-order valence-corrected chi connectivity index (χ1v) is 6.70. The minimum absolute atomic E-state index is 0.289. The SMILES string of the molecule is CC(CCNC(=O)C(C)Oc1cccc(Cl)c1)C(=O)O. The lowest BCUT2D eigenvalue weighted by Gasteiger charge is -2.15. The molecule has 2 atom stereocenters. The van der Waals surface area contributed by atoms with Crippen molar-refractivity contribution in [2.75, 3.05) is 6.54 Å². The van der Waals surface area contributed by atoms with Gasteiger partial charge in [-0.25, -0.2) is 0 Å². The second kappa shape index (κ2) is 7.75. The van der Waals surface area contributed by atoms with Crippen LogP contribution in [-0.4, -0.2) is 29.6 Å². The largest absolute Gasteiger partial charge is 0.481 e. The van der Waals surface area contributed by atoms with Gasteiger partial charge in [-0.1, -0.05) is 24.6 Å². The molecule has 0 aliphatic rings. The van der Waals surface area contributed by atoms with Crippen molar-refractivity contribution in [3.8, 4) is 5.75 Å². The van der Waals surface area contributed by atoms with Crippen LogP contribution in [0.2, 0.25) is 5.02 Å². The Hall–Kier alpha value is -1.75. The second-order valence-electron chi connectivity index (χ2n) is 4.54. The van der Waals surface area contributed by atoms with E-state index >= 15 is 0 Å². The van der Waals surface area contributed by atoms with E-state index in [-0.39, 0.29) is 5.91 Å². The molecule has 0 radical (unpaired) electrons. The van der Waals surface area contributed by atoms with E-state index in [9.17, 15) is 9.59 Å². The van der Waals surface area contributed by atoms with Crippen LogP contribution in [0, 0.1) is 5.92 Å². The molecule has 1 aromatic rings. The summed E-state index contributed by atoms with van der Waals surface area (Å²) in [5.74, 6) is -1.14. The number of halogens is 1. The Morgan fingerprint density at radius 3 is 2.70 bits per heavy atom. The van der Waals surface area contributed by atoms with Gasteiger partial charge in [0.1, 0.15) is 5.75 Å².